The van der Waals surface area contributed by atoms with Gasteiger partial charge in [0, 0.05) is 22.6 Å². The van der Waals surface area contributed by atoms with Crippen molar-refractivity contribution in [3.63, 3.8) is 0 Å². The number of rotatable bonds is 4. The molecular weight excluding hydrogens is 204 g/mol. The topological polar surface area (TPSA) is 77.9 Å². The van der Waals surface area contributed by atoms with Crippen molar-refractivity contribution in [3.05, 3.63) is 40.8 Å². The number of para-hydroxylation sites is 1. The number of nitrogens with one attached hydrogen (secondary N) is 1. The number of anilines is 1. The van der Waals surface area contributed by atoms with Crippen LogP contribution in [0, 0.1) is 5.41 Å². The van der Waals surface area contributed by atoms with E-state index in [2.05, 4.69) is 15.3 Å². The molecule has 5 heteroatoms. The van der Waals surface area contributed by atoms with E-state index in [4.69, 9.17) is 5.53 Å². The van der Waals surface area contributed by atoms with Gasteiger partial charge in [-0.15, -0.1) is 0 Å². The second-order valence-electron chi connectivity index (χ2n) is 4.09. The van der Waals surface area contributed by atoms with Crippen LogP contribution in [0.5, 0.6) is 0 Å². The predicted octanol–water partition coefficient (Wildman–Crippen LogP) is 2.96. The smallest absolute Gasteiger partial charge is 0.230 e. The van der Waals surface area contributed by atoms with Gasteiger partial charge >= 0.3 is 0 Å². The second kappa shape index (κ2) is 5.19. The fourth-order valence-corrected chi connectivity index (χ4v) is 1.10. The zero-order chi connectivity index (χ0) is 12.0. The van der Waals surface area contributed by atoms with Crippen LogP contribution in [-0.4, -0.2) is 12.5 Å². The maximum atomic E-state index is 11.8. The molecule has 0 spiro atoms. The van der Waals surface area contributed by atoms with Crippen LogP contribution in [0.15, 0.2) is 35.4 Å². The van der Waals surface area contributed by atoms with E-state index >= 15 is 0 Å². The third-order valence-corrected chi connectivity index (χ3v) is 2.18. The van der Waals surface area contributed by atoms with Crippen molar-refractivity contribution < 1.29 is 4.79 Å². The molecule has 0 radical (unpaired) electrons. The fraction of sp³-hybridized carbons (Fsp3) is 0.364. The Hall–Kier alpha value is -2.00. The molecule has 0 bridgehead atoms. The van der Waals surface area contributed by atoms with E-state index in [1.165, 1.54) is 0 Å². The van der Waals surface area contributed by atoms with Gasteiger partial charge in [-0.05, 0) is 17.7 Å². The lowest BCUT2D eigenvalue weighted by atomic mass is 9.92. The predicted molar refractivity (Wildman–Crippen MR) is 62.9 cm³/mol. The average Bonchev–Trinajstić information content (AvgIpc) is 2.28. The van der Waals surface area contributed by atoms with E-state index in [1.54, 1.807) is 13.8 Å². The van der Waals surface area contributed by atoms with Gasteiger partial charge in [-0.25, -0.2) is 0 Å². The lowest BCUT2D eigenvalue weighted by Crippen LogP contribution is -2.33. The summed E-state index contributed by atoms with van der Waals surface area (Å²) in [6.07, 6.45) is 0. The van der Waals surface area contributed by atoms with Crippen LogP contribution < -0.4 is 5.32 Å². The standard InChI is InChI=1S/C11H14N4O/c1-11(2,8-13-15-12)10(16)14-9-6-4-3-5-7-9/h3-7H,8H2,1-2H3,(H,14,16). The highest BCUT2D eigenvalue weighted by molar-refractivity contribution is 5.94. The molecule has 0 saturated carbocycles. The van der Waals surface area contributed by atoms with Gasteiger partial charge in [-0.3, -0.25) is 4.79 Å². The number of nitrogens with zero attached hydrogens (tertiary/aromatic N) is 3. The van der Waals surface area contributed by atoms with E-state index < -0.39 is 5.41 Å². The van der Waals surface area contributed by atoms with Gasteiger partial charge < -0.3 is 5.32 Å². The number of hydrogen-bond acceptors (Lipinski definition) is 2. The minimum Gasteiger partial charge on any atom is -0.326 e. The van der Waals surface area contributed by atoms with E-state index in [9.17, 15) is 4.79 Å². The van der Waals surface area contributed by atoms with Gasteiger partial charge in [0.05, 0.1) is 0 Å². The molecule has 1 aromatic carbocycles. The Morgan fingerprint density at radius 3 is 2.62 bits per heavy atom. The highest BCUT2D eigenvalue weighted by Crippen LogP contribution is 2.19. The summed E-state index contributed by atoms with van der Waals surface area (Å²) in [6.45, 7) is 3.61. The van der Waals surface area contributed by atoms with Gasteiger partial charge in [-0.2, -0.15) is 0 Å². The van der Waals surface area contributed by atoms with Crippen molar-refractivity contribution in [1.29, 1.82) is 0 Å². The quantitative estimate of drug-likeness (QED) is 0.470. The highest BCUT2D eigenvalue weighted by atomic mass is 16.2. The van der Waals surface area contributed by atoms with Crippen LogP contribution in [0.3, 0.4) is 0 Å². The molecule has 0 heterocycles. The van der Waals surface area contributed by atoms with Crippen molar-refractivity contribution in [1.82, 2.24) is 0 Å². The summed E-state index contributed by atoms with van der Waals surface area (Å²) in [4.78, 5) is 14.5. The minimum atomic E-state index is -0.706. The molecule has 0 aromatic heterocycles. The van der Waals surface area contributed by atoms with Crippen LogP contribution in [0.4, 0.5) is 5.69 Å². The maximum Gasteiger partial charge on any atom is 0.230 e. The van der Waals surface area contributed by atoms with Crippen LogP contribution in [-0.2, 0) is 4.79 Å². The molecular formula is C11H14N4O. The zero-order valence-corrected chi connectivity index (χ0v) is 9.34. The summed E-state index contributed by atoms with van der Waals surface area (Å²) in [7, 11) is 0. The normalized spacial score (nSPS) is 10.4. The Kier molecular flexibility index (Phi) is 3.91. The molecule has 5 nitrogen and oxygen atoms in total. The Morgan fingerprint density at radius 2 is 2.06 bits per heavy atom. The van der Waals surface area contributed by atoms with E-state index in [1.807, 2.05) is 30.3 Å². The molecule has 0 atom stereocenters. The third kappa shape index (κ3) is 3.29. The number of hydrogen-bond donors (Lipinski definition) is 1. The molecule has 0 aliphatic carbocycles. The zero-order valence-electron chi connectivity index (χ0n) is 9.34. The SMILES string of the molecule is CC(C)(CN=[N+]=[N-])C(=O)Nc1ccccc1. The van der Waals surface area contributed by atoms with Crippen LogP contribution in [0.2, 0.25) is 0 Å². The van der Waals surface area contributed by atoms with Crippen LogP contribution >= 0.6 is 0 Å². The monoisotopic (exact) mass is 218 g/mol. The largest absolute Gasteiger partial charge is 0.326 e. The molecule has 84 valence electrons. The number of carbonyl (C=O) groups excluding carboxylic acids is 1. The van der Waals surface area contributed by atoms with Gasteiger partial charge in [0.15, 0.2) is 0 Å². The Bertz CT molecular complexity index is 407. The summed E-state index contributed by atoms with van der Waals surface area (Å²) < 4.78 is 0. The highest BCUT2D eigenvalue weighted by Gasteiger charge is 2.26. The fourth-order valence-electron chi connectivity index (χ4n) is 1.10. The van der Waals surface area contributed by atoms with E-state index in [-0.39, 0.29) is 12.5 Å². The van der Waals surface area contributed by atoms with Crippen molar-refractivity contribution in [2.75, 3.05) is 11.9 Å². The van der Waals surface area contributed by atoms with Gasteiger partial charge in [0.1, 0.15) is 0 Å². The van der Waals surface area contributed by atoms with Gasteiger partial charge in [0.2, 0.25) is 5.91 Å². The first kappa shape index (κ1) is 12.1. The Labute approximate surface area is 94.1 Å². The maximum absolute atomic E-state index is 11.8. The Balaban J connectivity index is 2.68. The van der Waals surface area contributed by atoms with Crippen molar-refractivity contribution in [2.45, 2.75) is 13.8 Å². The Morgan fingerprint density at radius 1 is 1.44 bits per heavy atom. The van der Waals surface area contributed by atoms with Crippen LogP contribution in [0.1, 0.15) is 13.8 Å². The number of azide groups is 1. The average molecular weight is 218 g/mol. The summed E-state index contributed by atoms with van der Waals surface area (Å²) in [5.74, 6) is -0.161. The summed E-state index contributed by atoms with van der Waals surface area (Å²) >= 11 is 0. The molecule has 0 fully saturated rings. The van der Waals surface area contributed by atoms with E-state index in [0.29, 0.717) is 0 Å². The third-order valence-electron chi connectivity index (χ3n) is 2.18. The molecule has 0 unspecified atom stereocenters. The molecule has 0 saturated heterocycles. The van der Waals surface area contributed by atoms with Crippen molar-refractivity contribution >= 4 is 11.6 Å². The van der Waals surface area contributed by atoms with Crippen molar-refractivity contribution in [2.24, 2.45) is 10.5 Å². The lowest BCUT2D eigenvalue weighted by molar-refractivity contribution is -0.123. The molecule has 0 aliphatic rings. The molecule has 0 aliphatic heterocycles. The van der Waals surface area contributed by atoms with Crippen molar-refractivity contribution in [3.8, 4) is 0 Å². The lowest BCUT2D eigenvalue weighted by Gasteiger charge is -2.21. The van der Waals surface area contributed by atoms with Gasteiger partial charge in [0.25, 0.3) is 0 Å². The van der Waals surface area contributed by atoms with Crippen LogP contribution in [0.25, 0.3) is 10.4 Å². The minimum absolute atomic E-state index is 0.141. The second-order valence-corrected chi connectivity index (χ2v) is 4.09. The summed E-state index contributed by atoms with van der Waals surface area (Å²) in [5.41, 5.74) is 8.26. The summed E-state index contributed by atoms with van der Waals surface area (Å²) in [6, 6.07) is 9.18. The molecule has 16 heavy (non-hydrogen) atoms. The molecule has 1 rings (SSSR count). The molecule has 1 N–H and O–H groups in total. The molecule has 1 aromatic rings. The summed E-state index contributed by atoms with van der Waals surface area (Å²) in [5, 5.41) is 6.19. The number of benzene rings is 1. The first-order chi connectivity index (χ1) is 7.56. The van der Waals surface area contributed by atoms with Gasteiger partial charge in [-0.1, -0.05) is 37.2 Å². The molecule has 1 amide bonds. The first-order valence-corrected chi connectivity index (χ1v) is 4.93. The first-order valence-electron chi connectivity index (χ1n) is 4.93. The number of carbonyl (C=O) groups is 1. The number of amides is 1. The van der Waals surface area contributed by atoms with E-state index in [0.717, 1.165) is 5.69 Å².